The number of thiazole rings is 1. The van der Waals surface area contributed by atoms with Gasteiger partial charge >= 0.3 is 0 Å². The minimum Gasteiger partial charge on any atom is -0.322 e. The molecule has 0 aliphatic carbocycles. The number of Topliss-reactive ketones (excluding diaryl/α,β-unsaturated/α-hetero) is 1. The van der Waals surface area contributed by atoms with Gasteiger partial charge in [-0.05, 0) is 19.3 Å². The van der Waals surface area contributed by atoms with Gasteiger partial charge in [-0.15, -0.1) is 11.3 Å². The van der Waals surface area contributed by atoms with Crippen LogP contribution in [-0.4, -0.2) is 10.8 Å². The Balaban J connectivity index is 2.46. The molecule has 4 heteroatoms. The van der Waals surface area contributed by atoms with Crippen molar-refractivity contribution in [1.29, 1.82) is 0 Å². The Morgan fingerprint density at radius 2 is 2.19 bits per heavy atom. The van der Waals surface area contributed by atoms with Gasteiger partial charge in [-0.2, -0.15) is 0 Å². The third-order valence-electron chi connectivity index (χ3n) is 2.38. The first-order valence-electron chi connectivity index (χ1n) is 5.75. The predicted octanol–water partition coefficient (Wildman–Crippen LogP) is 3.17. The Bertz CT molecular complexity index is 345. The Kier molecular flexibility index (Phi) is 5.09. The quantitative estimate of drug-likeness (QED) is 0.777. The number of hydrogen-bond donors (Lipinski definition) is 1. The second-order valence-corrected chi connectivity index (χ2v) is 5.46. The number of carbonyl (C=O) groups is 1. The zero-order chi connectivity index (χ0) is 12.1. The average Bonchev–Trinajstić information content (AvgIpc) is 2.65. The molecule has 0 amide bonds. The molecule has 1 unspecified atom stereocenters. The van der Waals surface area contributed by atoms with E-state index in [-0.39, 0.29) is 11.8 Å². The largest absolute Gasteiger partial charge is 0.322 e. The van der Waals surface area contributed by atoms with Crippen molar-refractivity contribution >= 4 is 17.1 Å². The van der Waals surface area contributed by atoms with E-state index in [1.807, 2.05) is 12.3 Å². The van der Waals surface area contributed by atoms with Crippen LogP contribution >= 0.6 is 11.3 Å². The van der Waals surface area contributed by atoms with E-state index < -0.39 is 0 Å². The van der Waals surface area contributed by atoms with Crippen molar-refractivity contribution in [3.63, 3.8) is 0 Å². The maximum atomic E-state index is 11.8. The molecule has 0 radical (unpaired) electrons. The monoisotopic (exact) mass is 240 g/mol. The molecular formula is C12H20N2OS. The molecule has 1 atom stereocenters. The van der Waals surface area contributed by atoms with Gasteiger partial charge in [-0.3, -0.25) is 4.79 Å². The zero-order valence-corrected chi connectivity index (χ0v) is 11.0. The van der Waals surface area contributed by atoms with Crippen LogP contribution in [0.1, 0.15) is 61.6 Å². The van der Waals surface area contributed by atoms with Crippen LogP contribution in [0.4, 0.5) is 0 Å². The number of carbonyl (C=O) groups excluding carboxylic acids is 1. The van der Waals surface area contributed by atoms with Gasteiger partial charge in [0.05, 0.1) is 6.04 Å². The van der Waals surface area contributed by atoms with Gasteiger partial charge in [0, 0.05) is 11.8 Å². The molecule has 1 heterocycles. The zero-order valence-electron chi connectivity index (χ0n) is 10.2. The minimum atomic E-state index is -0.0813. The number of nitrogens with zero attached hydrogens (tertiary/aromatic N) is 1. The molecule has 1 rings (SSSR count). The van der Waals surface area contributed by atoms with E-state index in [1.54, 1.807) is 0 Å². The lowest BCUT2D eigenvalue weighted by atomic mass is 10.0. The van der Waals surface area contributed by atoms with Crippen molar-refractivity contribution < 1.29 is 4.79 Å². The number of hydrogen-bond acceptors (Lipinski definition) is 4. The second-order valence-electron chi connectivity index (χ2n) is 4.57. The van der Waals surface area contributed by atoms with E-state index in [4.69, 9.17) is 5.73 Å². The van der Waals surface area contributed by atoms with Gasteiger partial charge in [0.1, 0.15) is 10.7 Å². The van der Waals surface area contributed by atoms with Gasteiger partial charge in [0.15, 0.2) is 5.78 Å². The molecule has 90 valence electrons. The average molecular weight is 240 g/mol. The van der Waals surface area contributed by atoms with Gasteiger partial charge in [-0.25, -0.2) is 4.98 Å². The van der Waals surface area contributed by atoms with Crippen molar-refractivity contribution in [3.8, 4) is 0 Å². The summed E-state index contributed by atoms with van der Waals surface area (Å²) in [5.74, 6) is 0.798. The van der Waals surface area contributed by atoms with E-state index >= 15 is 0 Å². The Hall–Kier alpha value is -0.740. The molecule has 0 spiro atoms. The molecule has 16 heavy (non-hydrogen) atoms. The van der Waals surface area contributed by atoms with Crippen LogP contribution in [0.15, 0.2) is 5.38 Å². The summed E-state index contributed by atoms with van der Waals surface area (Å²) in [5, 5.41) is 2.66. The second kappa shape index (κ2) is 6.11. The van der Waals surface area contributed by atoms with Crippen molar-refractivity contribution in [1.82, 2.24) is 4.98 Å². The first-order valence-corrected chi connectivity index (χ1v) is 6.63. The molecule has 1 aromatic rings. The standard InChI is InChI=1S/C12H20N2OS/c1-8(2)5-4-6-11(15)10-7-16-12(14-10)9(3)13/h7-9H,4-6,13H2,1-3H3. The maximum Gasteiger partial charge on any atom is 0.182 e. The molecule has 0 saturated heterocycles. The summed E-state index contributed by atoms with van der Waals surface area (Å²) in [5.41, 5.74) is 6.29. The molecule has 2 N–H and O–H groups in total. The molecule has 1 aromatic heterocycles. The van der Waals surface area contributed by atoms with Gasteiger partial charge in [0.25, 0.3) is 0 Å². The Labute approximate surface area is 101 Å². The summed E-state index contributed by atoms with van der Waals surface area (Å²) in [7, 11) is 0. The van der Waals surface area contributed by atoms with Crippen molar-refractivity contribution in [3.05, 3.63) is 16.1 Å². The smallest absolute Gasteiger partial charge is 0.182 e. The first kappa shape index (κ1) is 13.3. The number of rotatable bonds is 6. The fourth-order valence-corrected chi connectivity index (χ4v) is 2.21. The fourth-order valence-electron chi connectivity index (χ4n) is 1.42. The lowest BCUT2D eigenvalue weighted by Gasteiger charge is -2.02. The first-order chi connectivity index (χ1) is 7.50. The summed E-state index contributed by atoms with van der Waals surface area (Å²) < 4.78 is 0. The predicted molar refractivity (Wildman–Crippen MR) is 67.7 cm³/mol. The third kappa shape index (κ3) is 4.02. The topological polar surface area (TPSA) is 56.0 Å². The lowest BCUT2D eigenvalue weighted by molar-refractivity contribution is 0.0974. The highest BCUT2D eigenvalue weighted by Crippen LogP contribution is 2.18. The number of aromatic nitrogens is 1. The summed E-state index contributed by atoms with van der Waals surface area (Å²) >= 11 is 1.47. The molecule has 0 aliphatic rings. The van der Waals surface area contributed by atoms with Crippen LogP contribution in [-0.2, 0) is 0 Å². The van der Waals surface area contributed by atoms with E-state index in [0.29, 0.717) is 18.0 Å². The Morgan fingerprint density at radius 1 is 1.50 bits per heavy atom. The molecule has 0 aliphatic heterocycles. The SMILES string of the molecule is CC(C)CCCC(=O)c1csc(C(C)N)n1. The maximum absolute atomic E-state index is 11.8. The van der Waals surface area contributed by atoms with Crippen LogP contribution in [0.25, 0.3) is 0 Å². The molecule has 0 aromatic carbocycles. The molecular weight excluding hydrogens is 220 g/mol. The van der Waals surface area contributed by atoms with Crippen LogP contribution in [0, 0.1) is 5.92 Å². The molecule has 0 bridgehead atoms. The van der Waals surface area contributed by atoms with Crippen LogP contribution in [0.2, 0.25) is 0 Å². The highest BCUT2D eigenvalue weighted by atomic mass is 32.1. The van der Waals surface area contributed by atoms with Crippen LogP contribution in [0.3, 0.4) is 0 Å². The van der Waals surface area contributed by atoms with Crippen molar-refractivity contribution in [2.45, 2.75) is 46.1 Å². The summed E-state index contributed by atoms with van der Waals surface area (Å²) in [4.78, 5) is 16.0. The summed E-state index contributed by atoms with van der Waals surface area (Å²) in [6.45, 7) is 6.22. The lowest BCUT2D eigenvalue weighted by Crippen LogP contribution is -2.06. The number of nitrogens with two attached hydrogens (primary N) is 1. The molecule has 0 fully saturated rings. The van der Waals surface area contributed by atoms with Crippen LogP contribution < -0.4 is 5.73 Å². The van der Waals surface area contributed by atoms with Crippen molar-refractivity contribution in [2.24, 2.45) is 11.7 Å². The van der Waals surface area contributed by atoms with E-state index in [0.717, 1.165) is 17.8 Å². The van der Waals surface area contributed by atoms with E-state index in [2.05, 4.69) is 18.8 Å². The summed E-state index contributed by atoms with van der Waals surface area (Å²) in [6.07, 6.45) is 2.64. The molecule has 0 saturated carbocycles. The highest BCUT2D eigenvalue weighted by molar-refractivity contribution is 7.09. The van der Waals surface area contributed by atoms with E-state index in [9.17, 15) is 4.79 Å². The fraction of sp³-hybridized carbons (Fsp3) is 0.667. The minimum absolute atomic E-state index is 0.0813. The van der Waals surface area contributed by atoms with Gasteiger partial charge in [0.2, 0.25) is 0 Å². The van der Waals surface area contributed by atoms with Gasteiger partial charge < -0.3 is 5.73 Å². The van der Waals surface area contributed by atoms with E-state index in [1.165, 1.54) is 11.3 Å². The molecule has 3 nitrogen and oxygen atoms in total. The van der Waals surface area contributed by atoms with Gasteiger partial charge in [-0.1, -0.05) is 20.3 Å². The highest BCUT2D eigenvalue weighted by Gasteiger charge is 2.12. The third-order valence-corrected chi connectivity index (χ3v) is 3.43. The Morgan fingerprint density at radius 3 is 2.69 bits per heavy atom. The summed E-state index contributed by atoms with van der Waals surface area (Å²) in [6, 6.07) is -0.0813. The van der Waals surface area contributed by atoms with Crippen molar-refractivity contribution in [2.75, 3.05) is 0 Å². The number of ketones is 1. The normalized spacial score (nSPS) is 13.1. The van der Waals surface area contributed by atoms with Crippen LogP contribution in [0.5, 0.6) is 0 Å².